The average molecular weight is 374 g/mol. The van der Waals surface area contributed by atoms with Gasteiger partial charge in [0.15, 0.2) is 0 Å². The first kappa shape index (κ1) is 18.7. The normalized spacial score (nSPS) is 14.3. The van der Waals surface area contributed by atoms with Crippen LogP contribution in [0.15, 0.2) is 30.3 Å². The molecular weight excluding hydrogens is 350 g/mol. The van der Waals surface area contributed by atoms with E-state index in [0.29, 0.717) is 17.9 Å². The van der Waals surface area contributed by atoms with E-state index in [4.69, 9.17) is 16.3 Å². The summed E-state index contributed by atoms with van der Waals surface area (Å²) >= 11 is 5.99. The van der Waals surface area contributed by atoms with Crippen molar-refractivity contribution >= 4 is 29.0 Å². The van der Waals surface area contributed by atoms with Gasteiger partial charge in [-0.05, 0) is 49.6 Å². The summed E-state index contributed by atoms with van der Waals surface area (Å²) in [5.74, 6) is 0.928. The van der Waals surface area contributed by atoms with Gasteiger partial charge in [0.2, 0.25) is 5.91 Å². The maximum atomic E-state index is 12.4. The Labute approximate surface area is 159 Å². The fourth-order valence-electron chi connectivity index (χ4n) is 3.11. The molecule has 0 spiro atoms. The van der Waals surface area contributed by atoms with Crippen molar-refractivity contribution in [1.29, 1.82) is 0 Å². The summed E-state index contributed by atoms with van der Waals surface area (Å²) in [7, 11) is 0. The maximum Gasteiger partial charge on any atom is 0.224 e. The van der Waals surface area contributed by atoms with Crippen LogP contribution in [-0.4, -0.2) is 37.2 Å². The van der Waals surface area contributed by atoms with Gasteiger partial charge in [-0.3, -0.25) is 4.79 Å². The molecule has 1 aliphatic heterocycles. The van der Waals surface area contributed by atoms with Crippen LogP contribution in [0.1, 0.15) is 23.2 Å². The second kappa shape index (κ2) is 8.52. The zero-order chi connectivity index (χ0) is 18.5. The van der Waals surface area contributed by atoms with Crippen molar-refractivity contribution in [2.24, 2.45) is 0 Å². The highest BCUT2D eigenvalue weighted by molar-refractivity contribution is 6.30. The van der Waals surface area contributed by atoms with Gasteiger partial charge in [0.1, 0.15) is 5.82 Å². The number of aryl methyl sites for hydroxylation is 3. The Balaban J connectivity index is 1.64. The molecule has 0 aliphatic carbocycles. The Hall–Kier alpha value is -2.11. The quantitative estimate of drug-likeness (QED) is 0.867. The molecule has 1 N–H and O–H groups in total. The Morgan fingerprint density at radius 3 is 2.73 bits per heavy atom. The largest absolute Gasteiger partial charge is 0.378 e. The van der Waals surface area contributed by atoms with Crippen LogP contribution >= 0.6 is 11.6 Å². The lowest BCUT2D eigenvalue weighted by Gasteiger charge is -2.28. The number of aromatic nitrogens is 1. The van der Waals surface area contributed by atoms with Crippen LogP contribution in [-0.2, 0) is 16.0 Å². The van der Waals surface area contributed by atoms with Gasteiger partial charge in [0.25, 0.3) is 0 Å². The highest BCUT2D eigenvalue weighted by atomic mass is 35.5. The van der Waals surface area contributed by atoms with Crippen LogP contribution < -0.4 is 10.2 Å². The maximum absolute atomic E-state index is 12.4. The fourth-order valence-corrected chi connectivity index (χ4v) is 3.32. The zero-order valence-electron chi connectivity index (χ0n) is 15.2. The van der Waals surface area contributed by atoms with E-state index < -0.39 is 0 Å². The van der Waals surface area contributed by atoms with Crippen LogP contribution in [0, 0.1) is 13.8 Å². The first-order valence-electron chi connectivity index (χ1n) is 8.88. The molecule has 6 heteroatoms. The summed E-state index contributed by atoms with van der Waals surface area (Å²) in [5, 5.41) is 3.71. The van der Waals surface area contributed by atoms with E-state index in [9.17, 15) is 4.79 Å². The minimum absolute atomic E-state index is 0.0166. The molecule has 138 valence electrons. The second-order valence-corrected chi connectivity index (χ2v) is 6.97. The molecule has 5 nitrogen and oxygen atoms in total. The van der Waals surface area contributed by atoms with Gasteiger partial charge in [0.05, 0.1) is 24.6 Å². The number of benzene rings is 1. The number of anilines is 2. The second-order valence-electron chi connectivity index (χ2n) is 6.54. The molecule has 1 aromatic carbocycles. The standard InChI is InChI=1S/C20H24ClN3O2/c1-14-12-18(24-8-10-26-11-9-24)22-15(2)20(14)23-19(25)7-6-16-4-3-5-17(21)13-16/h3-5,12-13H,6-11H2,1-2H3,(H,23,25). The van der Waals surface area contributed by atoms with Crippen LogP contribution in [0.5, 0.6) is 0 Å². The Morgan fingerprint density at radius 1 is 1.27 bits per heavy atom. The first-order valence-corrected chi connectivity index (χ1v) is 9.26. The van der Waals surface area contributed by atoms with Crippen LogP contribution in [0.3, 0.4) is 0 Å². The number of pyridine rings is 1. The summed E-state index contributed by atoms with van der Waals surface area (Å²) in [4.78, 5) is 19.3. The number of amides is 1. The number of rotatable bonds is 5. The molecule has 1 aliphatic rings. The average Bonchev–Trinajstić information content (AvgIpc) is 2.63. The molecule has 1 aromatic heterocycles. The van der Waals surface area contributed by atoms with E-state index >= 15 is 0 Å². The predicted octanol–water partition coefficient (Wildman–Crippen LogP) is 3.76. The number of carbonyl (C=O) groups is 1. The lowest BCUT2D eigenvalue weighted by Crippen LogP contribution is -2.37. The zero-order valence-corrected chi connectivity index (χ0v) is 16.0. The number of ether oxygens (including phenoxy) is 1. The third kappa shape index (κ3) is 4.74. The molecular formula is C20H24ClN3O2. The minimum atomic E-state index is -0.0166. The number of carbonyl (C=O) groups excluding carboxylic acids is 1. The summed E-state index contributed by atoms with van der Waals surface area (Å²) < 4.78 is 5.39. The van der Waals surface area contributed by atoms with E-state index in [-0.39, 0.29) is 5.91 Å². The van der Waals surface area contributed by atoms with Gasteiger partial charge < -0.3 is 15.0 Å². The smallest absolute Gasteiger partial charge is 0.224 e. The number of halogens is 1. The molecule has 2 heterocycles. The minimum Gasteiger partial charge on any atom is -0.378 e. The lowest BCUT2D eigenvalue weighted by atomic mass is 10.1. The van der Waals surface area contributed by atoms with Gasteiger partial charge in [-0.2, -0.15) is 0 Å². The van der Waals surface area contributed by atoms with E-state index in [2.05, 4.69) is 15.2 Å². The highest BCUT2D eigenvalue weighted by Crippen LogP contribution is 2.25. The molecule has 0 unspecified atom stereocenters. The Morgan fingerprint density at radius 2 is 2.04 bits per heavy atom. The van der Waals surface area contributed by atoms with Gasteiger partial charge in [-0.15, -0.1) is 0 Å². The number of nitrogens with zero attached hydrogens (tertiary/aromatic N) is 2. The summed E-state index contributed by atoms with van der Waals surface area (Å²) in [6.45, 7) is 7.08. The third-order valence-corrected chi connectivity index (χ3v) is 4.75. The molecule has 0 atom stereocenters. The highest BCUT2D eigenvalue weighted by Gasteiger charge is 2.16. The van der Waals surface area contributed by atoms with Gasteiger partial charge in [0, 0.05) is 24.5 Å². The molecule has 2 aromatic rings. The van der Waals surface area contributed by atoms with Gasteiger partial charge in [-0.1, -0.05) is 23.7 Å². The molecule has 1 amide bonds. The van der Waals surface area contributed by atoms with E-state index in [1.165, 1.54) is 0 Å². The van der Waals surface area contributed by atoms with Crippen molar-refractivity contribution in [3.05, 3.63) is 52.2 Å². The van der Waals surface area contributed by atoms with Crippen molar-refractivity contribution in [1.82, 2.24) is 4.98 Å². The molecule has 1 saturated heterocycles. The van der Waals surface area contributed by atoms with Crippen LogP contribution in [0.25, 0.3) is 0 Å². The predicted molar refractivity (Wildman–Crippen MR) is 105 cm³/mol. The molecule has 0 bridgehead atoms. The number of nitrogens with one attached hydrogen (secondary N) is 1. The van der Waals surface area contributed by atoms with E-state index in [0.717, 1.165) is 54.6 Å². The molecule has 0 saturated carbocycles. The summed E-state index contributed by atoms with van der Waals surface area (Å²) in [5.41, 5.74) is 3.72. The van der Waals surface area contributed by atoms with Crippen molar-refractivity contribution in [2.45, 2.75) is 26.7 Å². The number of hydrogen-bond donors (Lipinski definition) is 1. The summed E-state index contributed by atoms with van der Waals surface area (Å²) in [6.07, 6.45) is 1.06. The monoisotopic (exact) mass is 373 g/mol. The Kier molecular flexibility index (Phi) is 6.12. The van der Waals surface area contributed by atoms with Gasteiger partial charge >= 0.3 is 0 Å². The van der Waals surface area contributed by atoms with E-state index in [1.807, 2.05) is 44.2 Å². The van der Waals surface area contributed by atoms with Gasteiger partial charge in [-0.25, -0.2) is 4.98 Å². The van der Waals surface area contributed by atoms with Crippen LogP contribution in [0.2, 0.25) is 5.02 Å². The number of hydrogen-bond acceptors (Lipinski definition) is 4. The summed E-state index contributed by atoms with van der Waals surface area (Å²) in [6, 6.07) is 9.64. The molecule has 26 heavy (non-hydrogen) atoms. The third-order valence-electron chi connectivity index (χ3n) is 4.51. The lowest BCUT2D eigenvalue weighted by molar-refractivity contribution is -0.116. The number of morpholine rings is 1. The van der Waals surface area contributed by atoms with Crippen molar-refractivity contribution in [3.63, 3.8) is 0 Å². The Bertz CT molecular complexity index is 765. The van der Waals surface area contributed by atoms with Crippen molar-refractivity contribution in [3.8, 4) is 0 Å². The van der Waals surface area contributed by atoms with Crippen molar-refractivity contribution < 1.29 is 9.53 Å². The SMILES string of the molecule is Cc1cc(N2CCOCC2)nc(C)c1NC(=O)CCc1cccc(Cl)c1. The molecule has 1 fully saturated rings. The van der Waals surface area contributed by atoms with Crippen molar-refractivity contribution in [2.75, 3.05) is 36.5 Å². The fraction of sp³-hybridized carbons (Fsp3) is 0.400. The topological polar surface area (TPSA) is 54.5 Å². The first-order chi connectivity index (χ1) is 12.5. The molecule has 0 radical (unpaired) electrons. The van der Waals surface area contributed by atoms with Crippen LogP contribution in [0.4, 0.5) is 11.5 Å². The van der Waals surface area contributed by atoms with E-state index in [1.54, 1.807) is 0 Å². The molecule has 3 rings (SSSR count).